The van der Waals surface area contributed by atoms with E-state index in [9.17, 15) is 28.4 Å². The van der Waals surface area contributed by atoms with E-state index in [1.807, 2.05) is 20.8 Å². The standard InChI is InChI=1S/3C18H37O3P.Nd/c3*1-3-4-5-6-7-8-9-10-11-12-13-14-15-16-17-18(2)21-22(19)20;/h3*18H,3-17H2,1-2H3;/q;;;+3. The number of rotatable bonds is 51. The summed E-state index contributed by atoms with van der Waals surface area (Å²) in [7, 11) is -8.05. The number of hydrogen-bond acceptors (Lipinski definition) is 9. The Kier molecular flexibility index (Phi) is 73.2. The average molecular weight is 1140 g/mol. The van der Waals surface area contributed by atoms with E-state index in [1.54, 1.807) is 0 Å². The SMILES string of the molecule is CCCCCCCCCCCCCCCCC(C)O[P+](=O)[O-].CCCCCCCCCCCCCCCCC(C)O[P+](=O)[O-].CCCCCCCCCCCCCCCCC(C)O[P+](=O)[O-].[Nd+3]. The van der Waals surface area contributed by atoms with Gasteiger partial charge in [0.15, 0.2) is 0 Å². The molecule has 6 unspecified atom stereocenters. The van der Waals surface area contributed by atoms with Crippen LogP contribution in [0.2, 0.25) is 0 Å². The fourth-order valence-corrected chi connectivity index (χ4v) is 9.68. The molecule has 0 fully saturated rings. The molecule has 0 aliphatic heterocycles. The minimum Gasteiger partial charge on any atom is -0.566 e. The topological polar surface area (TPSA) is 148 Å². The van der Waals surface area contributed by atoms with Gasteiger partial charge in [-0.05, 0) is 53.7 Å². The molecule has 0 aliphatic rings. The Morgan fingerprint density at radius 1 is 0.269 bits per heavy atom. The predicted molar refractivity (Wildman–Crippen MR) is 279 cm³/mol. The van der Waals surface area contributed by atoms with Gasteiger partial charge in [0.25, 0.3) is 0 Å². The van der Waals surface area contributed by atoms with Crippen LogP contribution < -0.4 is 14.7 Å². The summed E-state index contributed by atoms with van der Waals surface area (Å²) < 4.78 is 45.3. The first-order valence-electron chi connectivity index (χ1n) is 28.4. The normalized spacial score (nSPS) is 13.1. The molecule has 9 nitrogen and oxygen atoms in total. The largest absolute Gasteiger partial charge is 3.00 e. The Morgan fingerprint density at radius 3 is 0.507 bits per heavy atom. The van der Waals surface area contributed by atoms with Crippen molar-refractivity contribution in [2.75, 3.05) is 0 Å². The first kappa shape index (κ1) is 74.9. The summed E-state index contributed by atoms with van der Waals surface area (Å²) in [5.41, 5.74) is 0. The van der Waals surface area contributed by atoms with Crippen molar-refractivity contribution in [1.82, 2.24) is 0 Å². The molecule has 0 spiro atoms. The van der Waals surface area contributed by atoms with Crippen molar-refractivity contribution in [3.05, 3.63) is 0 Å². The molecule has 0 aromatic carbocycles. The zero-order valence-electron chi connectivity index (χ0n) is 45.1. The Bertz CT molecular complexity index is 866. The van der Waals surface area contributed by atoms with Gasteiger partial charge in [-0.2, -0.15) is 0 Å². The molecular weight excluding hydrogens is 1030 g/mol. The van der Waals surface area contributed by atoms with Gasteiger partial charge in [-0.15, -0.1) is 13.6 Å². The summed E-state index contributed by atoms with van der Waals surface area (Å²) in [6.07, 6.45) is 58.6. The molecule has 0 N–H and O–H groups in total. The van der Waals surface area contributed by atoms with Gasteiger partial charge in [0.1, 0.15) is 18.3 Å². The molecule has 0 aromatic heterocycles. The van der Waals surface area contributed by atoms with Crippen LogP contribution >= 0.6 is 24.8 Å². The second kappa shape index (κ2) is 65.4. The van der Waals surface area contributed by atoms with Gasteiger partial charge in [0.05, 0.1) is 0 Å². The van der Waals surface area contributed by atoms with Gasteiger partial charge in [0, 0.05) is 0 Å². The van der Waals surface area contributed by atoms with Gasteiger partial charge in [-0.3, -0.25) is 0 Å². The van der Waals surface area contributed by atoms with E-state index < -0.39 is 24.8 Å². The van der Waals surface area contributed by atoms with E-state index in [2.05, 4.69) is 20.8 Å². The van der Waals surface area contributed by atoms with E-state index in [-0.39, 0.29) is 59.2 Å². The second-order valence-corrected chi connectivity index (χ2v) is 21.5. The first-order valence-corrected chi connectivity index (χ1v) is 31.7. The fourth-order valence-electron chi connectivity index (χ4n) is 8.48. The van der Waals surface area contributed by atoms with Gasteiger partial charge >= 0.3 is 65.6 Å². The molecule has 0 saturated carbocycles. The quantitative estimate of drug-likeness (QED) is 0.0429. The van der Waals surface area contributed by atoms with Crippen LogP contribution in [-0.4, -0.2) is 18.3 Å². The molecule has 1 radical (unpaired) electrons. The van der Waals surface area contributed by atoms with Crippen molar-refractivity contribution in [1.29, 1.82) is 0 Å². The van der Waals surface area contributed by atoms with Crippen LogP contribution in [0.3, 0.4) is 0 Å². The van der Waals surface area contributed by atoms with Crippen LogP contribution in [0.15, 0.2) is 0 Å². The Labute approximate surface area is 452 Å². The maximum absolute atomic E-state index is 10.4. The van der Waals surface area contributed by atoms with Crippen LogP contribution in [0.1, 0.15) is 330 Å². The molecular formula is C54H111NdO9P3+3. The second-order valence-electron chi connectivity index (χ2n) is 19.6. The Balaban J connectivity index is -0.000000441. The molecule has 67 heavy (non-hydrogen) atoms. The monoisotopic (exact) mass is 1140 g/mol. The predicted octanol–water partition coefficient (Wildman–Crippen LogP) is 18.8. The molecule has 0 saturated heterocycles. The summed E-state index contributed by atoms with van der Waals surface area (Å²) in [6.45, 7) is 12.3. The summed E-state index contributed by atoms with van der Waals surface area (Å²) in [4.78, 5) is 31.1. The molecule has 0 heterocycles. The minimum absolute atomic E-state index is 0. The van der Waals surface area contributed by atoms with E-state index >= 15 is 0 Å². The van der Waals surface area contributed by atoms with Crippen molar-refractivity contribution in [2.24, 2.45) is 0 Å². The van der Waals surface area contributed by atoms with E-state index in [0.29, 0.717) is 0 Å². The minimum atomic E-state index is -2.68. The first-order chi connectivity index (χ1) is 32.0. The van der Waals surface area contributed by atoms with Gasteiger partial charge in [0.2, 0.25) is 0 Å². The number of hydrogen-bond donors (Lipinski definition) is 0. The van der Waals surface area contributed by atoms with Crippen LogP contribution in [0.25, 0.3) is 0 Å². The fraction of sp³-hybridized carbons (Fsp3) is 1.00. The number of unbranched alkanes of at least 4 members (excludes halogenated alkanes) is 39. The maximum Gasteiger partial charge on any atom is 3.00 e. The molecule has 0 rings (SSSR count). The summed E-state index contributed by atoms with van der Waals surface area (Å²) in [5, 5.41) is 0. The molecule has 0 bridgehead atoms. The van der Waals surface area contributed by atoms with Gasteiger partial charge in [-0.25, -0.2) is 0 Å². The van der Waals surface area contributed by atoms with Crippen LogP contribution in [0, 0.1) is 40.8 Å². The Morgan fingerprint density at radius 2 is 0.388 bits per heavy atom. The average Bonchev–Trinajstić information content (AvgIpc) is 3.26. The molecule has 0 aliphatic carbocycles. The summed E-state index contributed by atoms with van der Waals surface area (Å²) >= 11 is 0. The third kappa shape index (κ3) is 76.5. The molecule has 0 amide bonds. The van der Waals surface area contributed by atoms with Gasteiger partial charge < -0.3 is 14.7 Å². The molecule has 13 heteroatoms. The van der Waals surface area contributed by atoms with Crippen LogP contribution in [0.5, 0.6) is 0 Å². The van der Waals surface area contributed by atoms with Gasteiger partial charge in [-0.1, -0.05) is 290 Å². The van der Waals surface area contributed by atoms with E-state index in [1.165, 1.54) is 250 Å². The third-order valence-electron chi connectivity index (χ3n) is 12.7. The smallest absolute Gasteiger partial charge is 0.566 e. The third-order valence-corrected chi connectivity index (χ3v) is 14.3. The van der Waals surface area contributed by atoms with Crippen molar-refractivity contribution >= 4 is 24.8 Å². The Hall–Kier alpha value is 1.41. The van der Waals surface area contributed by atoms with Crippen molar-refractivity contribution in [2.45, 2.75) is 349 Å². The molecule has 0 aromatic rings. The zero-order chi connectivity index (χ0) is 49.4. The van der Waals surface area contributed by atoms with Crippen molar-refractivity contribution in [3.63, 3.8) is 0 Å². The maximum atomic E-state index is 10.4. The van der Waals surface area contributed by atoms with E-state index in [4.69, 9.17) is 13.6 Å². The summed E-state index contributed by atoms with van der Waals surface area (Å²) in [6, 6.07) is 0. The van der Waals surface area contributed by atoms with Crippen molar-refractivity contribution in [3.8, 4) is 0 Å². The molecule has 6 atom stereocenters. The molecule has 397 valence electrons. The summed E-state index contributed by atoms with van der Waals surface area (Å²) in [5.74, 6) is 0. The van der Waals surface area contributed by atoms with E-state index in [0.717, 1.165) is 38.5 Å². The van der Waals surface area contributed by atoms with Crippen LogP contribution in [-0.2, 0) is 27.3 Å². The van der Waals surface area contributed by atoms with Crippen molar-refractivity contribution < 1.29 is 82.8 Å². The van der Waals surface area contributed by atoms with Crippen LogP contribution in [0.4, 0.5) is 0 Å². The zero-order valence-corrected chi connectivity index (χ0v) is 51.0.